The van der Waals surface area contributed by atoms with E-state index in [1.165, 1.54) is 0 Å². The van der Waals surface area contributed by atoms with Gasteiger partial charge in [-0.1, -0.05) is 50.2 Å². The number of nitrogens with one attached hydrogen (secondary N) is 2. The smallest absolute Gasteiger partial charge is 0.228 e. The first-order chi connectivity index (χ1) is 12.4. The number of amides is 2. The molecule has 26 heavy (non-hydrogen) atoms. The molecule has 1 fully saturated rings. The van der Waals surface area contributed by atoms with Crippen LogP contribution in [0.5, 0.6) is 0 Å². The predicted molar refractivity (Wildman–Crippen MR) is 105 cm³/mol. The molecule has 3 rings (SSSR count). The Hall–Kier alpha value is -2.62. The molecule has 2 amide bonds. The maximum absolute atomic E-state index is 12.6. The molecule has 2 atom stereocenters. The van der Waals surface area contributed by atoms with Gasteiger partial charge in [0.25, 0.3) is 0 Å². The molecule has 1 saturated carbocycles. The van der Waals surface area contributed by atoms with Gasteiger partial charge in [-0.15, -0.1) is 0 Å². The maximum Gasteiger partial charge on any atom is 0.228 e. The predicted octanol–water partition coefficient (Wildman–Crippen LogP) is 4.64. The van der Waals surface area contributed by atoms with Gasteiger partial charge in [-0.2, -0.15) is 0 Å². The number of benzene rings is 2. The van der Waals surface area contributed by atoms with Crippen molar-refractivity contribution in [3.63, 3.8) is 0 Å². The highest BCUT2D eigenvalue weighted by Gasteiger charge is 2.48. The molecule has 2 aromatic carbocycles. The van der Waals surface area contributed by atoms with Crippen LogP contribution in [0.4, 0.5) is 11.4 Å². The fourth-order valence-corrected chi connectivity index (χ4v) is 3.34. The standard InChI is InChI=1S/C22H26N2O2/c1-13(2)16-10-5-6-11-19(16)23-21(25)17-12-18(17)22(26)24-20-14(3)8-7-9-15(20)4/h5-11,13,17-18H,12H2,1-4H3,(H,23,25)(H,24,26). The molecule has 1 aliphatic rings. The van der Waals surface area contributed by atoms with Gasteiger partial charge in [0.2, 0.25) is 11.8 Å². The van der Waals surface area contributed by atoms with E-state index in [1.54, 1.807) is 0 Å². The fourth-order valence-electron chi connectivity index (χ4n) is 3.34. The van der Waals surface area contributed by atoms with Gasteiger partial charge in [0.1, 0.15) is 0 Å². The van der Waals surface area contributed by atoms with E-state index in [0.717, 1.165) is 28.1 Å². The van der Waals surface area contributed by atoms with E-state index < -0.39 is 0 Å². The average molecular weight is 350 g/mol. The van der Waals surface area contributed by atoms with Crippen LogP contribution in [-0.2, 0) is 9.59 Å². The molecule has 4 nitrogen and oxygen atoms in total. The Morgan fingerprint density at radius 1 is 0.885 bits per heavy atom. The summed E-state index contributed by atoms with van der Waals surface area (Å²) in [6.07, 6.45) is 0.604. The second-order valence-corrected chi connectivity index (χ2v) is 7.44. The Balaban J connectivity index is 1.63. The minimum atomic E-state index is -0.250. The first-order valence-corrected chi connectivity index (χ1v) is 9.15. The second kappa shape index (κ2) is 7.32. The van der Waals surface area contributed by atoms with Crippen LogP contribution in [0.1, 0.15) is 42.9 Å². The number of para-hydroxylation sites is 2. The molecule has 4 heteroatoms. The van der Waals surface area contributed by atoms with Crippen LogP contribution in [0, 0.1) is 25.7 Å². The van der Waals surface area contributed by atoms with Crippen molar-refractivity contribution in [2.45, 2.75) is 40.0 Å². The monoisotopic (exact) mass is 350 g/mol. The summed E-state index contributed by atoms with van der Waals surface area (Å²) in [5.41, 5.74) is 4.87. The second-order valence-electron chi connectivity index (χ2n) is 7.44. The summed E-state index contributed by atoms with van der Waals surface area (Å²) in [4.78, 5) is 25.1. The lowest BCUT2D eigenvalue weighted by Crippen LogP contribution is -2.21. The normalized spacial score (nSPS) is 18.5. The van der Waals surface area contributed by atoms with Crippen molar-refractivity contribution in [2.24, 2.45) is 11.8 Å². The zero-order valence-electron chi connectivity index (χ0n) is 15.8. The Labute approximate surface area is 155 Å². The molecule has 0 bridgehead atoms. The molecule has 0 aromatic heterocycles. The van der Waals surface area contributed by atoms with Gasteiger partial charge in [-0.05, 0) is 48.9 Å². The van der Waals surface area contributed by atoms with Crippen molar-refractivity contribution in [3.8, 4) is 0 Å². The third-order valence-electron chi connectivity index (χ3n) is 5.03. The van der Waals surface area contributed by atoms with Crippen LogP contribution in [-0.4, -0.2) is 11.8 Å². The SMILES string of the molecule is Cc1cccc(C)c1NC(=O)C1CC1C(=O)Nc1ccccc1C(C)C. The van der Waals surface area contributed by atoms with Gasteiger partial charge in [0.05, 0.1) is 11.8 Å². The first kappa shape index (κ1) is 18.2. The minimum Gasteiger partial charge on any atom is -0.326 e. The lowest BCUT2D eigenvalue weighted by atomic mass is 10.0. The minimum absolute atomic E-state index is 0.0697. The van der Waals surface area contributed by atoms with E-state index in [4.69, 9.17) is 0 Å². The third-order valence-corrected chi connectivity index (χ3v) is 5.03. The molecule has 0 saturated heterocycles. The van der Waals surface area contributed by atoms with Crippen LogP contribution in [0.2, 0.25) is 0 Å². The summed E-state index contributed by atoms with van der Waals surface area (Å²) in [5, 5.41) is 6.01. The summed E-state index contributed by atoms with van der Waals surface area (Å²) in [7, 11) is 0. The maximum atomic E-state index is 12.6. The molecular weight excluding hydrogens is 324 g/mol. The van der Waals surface area contributed by atoms with Crippen molar-refractivity contribution in [1.29, 1.82) is 0 Å². The van der Waals surface area contributed by atoms with E-state index >= 15 is 0 Å². The molecule has 2 unspecified atom stereocenters. The van der Waals surface area contributed by atoms with Gasteiger partial charge in [0.15, 0.2) is 0 Å². The van der Waals surface area contributed by atoms with Gasteiger partial charge >= 0.3 is 0 Å². The molecule has 0 heterocycles. The van der Waals surface area contributed by atoms with Gasteiger partial charge in [-0.25, -0.2) is 0 Å². The number of carbonyl (C=O) groups excluding carboxylic acids is 2. The highest BCUT2D eigenvalue weighted by molar-refractivity contribution is 6.04. The van der Waals surface area contributed by atoms with Crippen LogP contribution >= 0.6 is 0 Å². The van der Waals surface area contributed by atoms with Gasteiger partial charge < -0.3 is 10.6 Å². The Morgan fingerprint density at radius 2 is 1.46 bits per heavy atom. The number of hydrogen-bond donors (Lipinski definition) is 2. The van der Waals surface area contributed by atoms with Crippen LogP contribution in [0.25, 0.3) is 0 Å². The molecule has 0 radical (unpaired) electrons. The average Bonchev–Trinajstić information content (AvgIpc) is 3.39. The van der Waals surface area contributed by atoms with Gasteiger partial charge in [0, 0.05) is 11.4 Å². The molecule has 2 N–H and O–H groups in total. The quantitative estimate of drug-likeness (QED) is 0.825. The van der Waals surface area contributed by atoms with E-state index in [9.17, 15) is 9.59 Å². The highest BCUT2D eigenvalue weighted by atomic mass is 16.2. The fraction of sp³-hybridized carbons (Fsp3) is 0.364. The lowest BCUT2D eigenvalue weighted by Gasteiger charge is -2.14. The number of anilines is 2. The van der Waals surface area contributed by atoms with Crippen molar-refractivity contribution < 1.29 is 9.59 Å². The number of rotatable bonds is 5. The van der Waals surface area contributed by atoms with Crippen molar-refractivity contribution in [2.75, 3.05) is 10.6 Å². The number of aryl methyl sites for hydroxylation is 2. The van der Waals surface area contributed by atoms with E-state index in [2.05, 4.69) is 24.5 Å². The topological polar surface area (TPSA) is 58.2 Å². The Kier molecular flexibility index (Phi) is 5.12. The summed E-state index contributed by atoms with van der Waals surface area (Å²) < 4.78 is 0. The summed E-state index contributed by atoms with van der Waals surface area (Å²) in [5.74, 6) is -0.312. The Morgan fingerprint density at radius 3 is 2.08 bits per heavy atom. The molecule has 136 valence electrons. The van der Waals surface area contributed by atoms with E-state index in [0.29, 0.717) is 12.3 Å². The molecular formula is C22H26N2O2. The zero-order valence-corrected chi connectivity index (χ0v) is 15.8. The largest absolute Gasteiger partial charge is 0.326 e. The molecule has 0 spiro atoms. The van der Waals surface area contributed by atoms with Gasteiger partial charge in [-0.3, -0.25) is 9.59 Å². The summed E-state index contributed by atoms with van der Waals surface area (Å²) in [6, 6.07) is 13.8. The third kappa shape index (κ3) is 3.79. The summed E-state index contributed by atoms with van der Waals surface area (Å²) >= 11 is 0. The zero-order chi connectivity index (χ0) is 18.8. The lowest BCUT2D eigenvalue weighted by molar-refractivity contribution is -0.122. The van der Waals surface area contributed by atoms with Crippen LogP contribution < -0.4 is 10.6 Å². The van der Waals surface area contributed by atoms with Crippen LogP contribution in [0.3, 0.4) is 0 Å². The molecule has 2 aromatic rings. The number of hydrogen-bond acceptors (Lipinski definition) is 2. The highest BCUT2D eigenvalue weighted by Crippen LogP contribution is 2.41. The van der Waals surface area contributed by atoms with Crippen LogP contribution in [0.15, 0.2) is 42.5 Å². The van der Waals surface area contributed by atoms with E-state index in [1.807, 2.05) is 56.3 Å². The van der Waals surface area contributed by atoms with Crippen molar-refractivity contribution in [1.82, 2.24) is 0 Å². The summed E-state index contributed by atoms with van der Waals surface area (Å²) in [6.45, 7) is 8.15. The molecule has 1 aliphatic carbocycles. The van der Waals surface area contributed by atoms with Crippen molar-refractivity contribution in [3.05, 3.63) is 59.2 Å². The number of carbonyl (C=O) groups is 2. The van der Waals surface area contributed by atoms with E-state index in [-0.39, 0.29) is 23.7 Å². The molecule has 0 aliphatic heterocycles. The Bertz CT molecular complexity index is 822. The first-order valence-electron chi connectivity index (χ1n) is 9.15. The van der Waals surface area contributed by atoms with Crippen molar-refractivity contribution >= 4 is 23.2 Å².